The van der Waals surface area contributed by atoms with E-state index >= 15 is 0 Å². The molecule has 0 bridgehead atoms. The van der Waals surface area contributed by atoms with Crippen LogP contribution in [0.3, 0.4) is 0 Å². The number of hydrogen-bond acceptors (Lipinski definition) is 4. The van der Waals surface area contributed by atoms with E-state index in [0.717, 1.165) is 38.0 Å². The molecule has 0 radical (unpaired) electrons. The van der Waals surface area contributed by atoms with Crippen molar-refractivity contribution in [1.82, 2.24) is 19.1 Å². The van der Waals surface area contributed by atoms with Crippen molar-refractivity contribution in [2.75, 3.05) is 0 Å². The summed E-state index contributed by atoms with van der Waals surface area (Å²) in [4.78, 5) is 13.5. The number of para-hydroxylation sites is 3. The maximum absolute atomic E-state index is 5.54. The van der Waals surface area contributed by atoms with Crippen LogP contribution in [0.5, 0.6) is 0 Å². The Balaban J connectivity index is 1.15. The summed E-state index contributed by atoms with van der Waals surface area (Å²) in [6.07, 6.45) is 0. The first kappa shape index (κ1) is 28.5. The fraction of sp³-hybridized carbons (Fsp3) is 0. The van der Waals surface area contributed by atoms with E-state index in [0.29, 0.717) is 5.95 Å². The molecular weight excluding hydrogens is 673 g/mol. The maximum atomic E-state index is 5.54. The fourth-order valence-corrected chi connectivity index (χ4v) is 10.4. The van der Waals surface area contributed by atoms with Crippen LogP contribution in [0.4, 0.5) is 0 Å². The predicted octanol–water partition coefficient (Wildman–Crippen LogP) is 12.8. The summed E-state index contributed by atoms with van der Waals surface area (Å²) in [6, 6.07) is 56.8. The molecule has 7 aromatic carbocycles. The van der Waals surface area contributed by atoms with Crippen molar-refractivity contribution in [3.63, 3.8) is 0 Å². The van der Waals surface area contributed by atoms with Crippen molar-refractivity contribution < 1.29 is 0 Å². The van der Waals surface area contributed by atoms with Crippen LogP contribution in [0, 0.1) is 0 Å². The lowest BCUT2D eigenvalue weighted by Crippen LogP contribution is -2.08. The molecule has 52 heavy (non-hydrogen) atoms. The van der Waals surface area contributed by atoms with Gasteiger partial charge in [0.15, 0.2) is 0 Å². The summed E-state index contributed by atoms with van der Waals surface area (Å²) >= 11 is 3.61. The molecule has 0 atom stereocenters. The minimum absolute atomic E-state index is 0.673. The minimum atomic E-state index is 0.673. The zero-order chi connectivity index (χ0) is 33.9. The smallest absolute Gasteiger partial charge is 0.237 e. The Morgan fingerprint density at radius 1 is 0.500 bits per heavy atom. The molecular formula is C46H26N4S2. The molecule has 6 heteroatoms. The molecule has 11 aromatic rings. The van der Waals surface area contributed by atoms with Gasteiger partial charge < -0.3 is 0 Å². The average Bonchev–Trinajstić information content (AvgIpc) is 3.86. The molecule has 4 nitrogen and oxygen atoms in total. The van der Waals surface area contributed by atoms with Gasteiger partial charge in [0.05, 0.1) is 32.6 Å². The molecule has 0 saturated carbocycles. The van der Waals surface area contributed by atoms with E-state index in [4.69, 9.17) is 9.97 Å². The first-order valence-corrected chi connectivity index (χ1v) is 19.0. The molecule has 0 aliphatic carbocycles. The molecule has 0 spiro atoms. The average molecular weight is 699 g/mol. The lowest BCUT2D eigenvalue weighted by atomic mass is 9.99. The lowest BCUT2D eigenvalue weighted by molar-refractivity contribution is 0.965. The second kappa shape index (κ2) is 10.7. The van der Waals surface area contributed by atoms with Gasteiger partial charge in [-0.05, 0) is 58.3 Å². The van der Waals surface area contributed by atoms with Crippen molar-refractivity contribution in [2.45, 2.75) is 9.79 Å². The molecule has 0 saturated heterocycles. The highest BCUT2D eigenvalue weighted by molar-refractivity contribution is 7.99. The number of fused-ring (bicyclic) bond motifs is 11. The van der Waals surface area contributed by atoms with E-state index in [-0.39, 0.29) is 0 Å². The van der Waals surface area contributed by atoms with Crippen LogP contribution >= 0.6 is 23.1 Å². The zero-order valence-corrected chi connectivity index (χ0v) is 29.2. The van der Waals surface area contributed by atoms with E-state index in [1.807, 2.05) is 11.8 Å². The number of rotatable bonds is 3. The van der Waals surface area contributed by atoms with E-state index in [1.165, 1.54) is 63.8 Å². The summed E-state index contributed by atoms with van der Waals surface area (Å²) in [5.74, 6) is 0.673. The summed E-state index contributed by atoms with van der Waals surface area (Å²) in [5.41, 5.74) is 9.99. The van der Waals surface area contributed by atoms with E-state index in [1.54, 1.807) is 11.3 Å². The quantitative estimate of drug-likeness (QED) is 0.184. The van der Waals surface area contributed by atoms with Crippen molar-refractivity contribution in [2.24, 2.45) is 0 Å². The van der Waals surface area contributed by atoms with E-state index < -0.39 is 0 Å². The van der Waals surface area contributed by atoms with E-state index in [2.05, 4.69) is 167 Å². The lowest BCUT2D eigenvalue weighted by Gasteiger charge is -2.20. The molecule has 242 valence electrons. The standard InChI is InChI=1S/C46H26N4S2/c1-2-11-30-26-31(25-22-27(30)10-1)28-20-23-29(24-21-28)41-44-42(33-13-4-7-17-37(33)52-44)48-46(47-41)50-35-15-5-3-12-32(35)40-34-14-9-19-39-43(34)49(45(40)50)36-16-6-8-18-38(36)51-39/h1-26H. The predicted molar refractivity (Wildman–Crippen MR) is 219 cm³/mol. The number of nitrogens with zero attached hydrogens (tertiary/aromatic N) is 4. The summed E-state index contributed by atoms with van der Waals surface area (Å²) in [6.45, 7) is 0. The number of aromatic nitrogens is 4. The normalized spacial score (nSPS) is 12.5. The number of thiophene rings is 1. The molecule has 0 amide bonds. The summed E-state index contributed by atoms with van der Waals surface area (Å²) in [7, 11) is 0. The van der Waals surface area contributed by atoms with Gasteiger partial charge in [-0.15, -0.1) is 11.3 Å². The Hall–Kier alpha value is -6.21. The van der Waals surface area contributed by atoms with Gasteiger partial charge in [0, 0.05) is 41.6 Å². The van der Waals surface area contributed by atoms with Crippen molar-refractivity contribution in [3.05, 3.63) is 158 Å². The Kier molecular flexibility index (Phi) is 5.84. The van der Waals surface area contributed by atoms with Gasteiger partial charge in [-0.3, -0.25) is 9.13 Å². The first-order valence-electron chi connectivity index (χ1n) is 17.4. The minimum Gasteiger partial charge on any atom is -0.293 e. The molecule has 12 rings (SSSR count). The topological polar surface area (TPSA) is 35.6 Å². The van der Waals surface area contributed by atoms with Crippen LogP contribution in [0.25, 0.3) is 97.9 Å². The highest BCUT2D eigenvalue weighted by Crippen LogP contribution is 2.49. The van der Waals surface area contributed by atoms with Crippen LogP contribution in [-0.4, -0.2) is 19.1 Å². The largest absolute Gasteiger partial charge is 0.293 e. The Morgan fingerprint density at radius 2 is 1.21 bits per heavy atom. The number of benzene rings is 7. The Morgan fingerprint density at radius 3 is 2.13 bits per heavy atom. The van der Waals surface area contributed by atoms with Crippen LogP contribution in [-0.2, 0) is 0 Å². The highest BCUT2D eigenvalue weighted by Gasteiger charge is 2.29. The molecule has 0 fully saturated rings. The fourth-order valence-electron chi connectivity index (χ4n) is 8.19. The number of hydrogen-bond donors (Lipinski definition) is 0. The van der Waals surface area contributed by atoms with Gasteiger partial charge in [0.2, 0.25) is 5.95 Å². The van der Waals surface area contributed by atoms with Crippen LogP contribution in [0.15, 0.2) is 168 Å². The summed E-state index contributed by atoms with van der Waals surface area (Å²) < 4.78 is 7.06. The van der Waals surface area contributed by atoms with Gasteiger partial charge in [0.25, 0.3) is 0 Å². The third-order valence-corrected chi connectivity index (χ3v) is 12.8. The first-order chi connectivity index (χ1) is 25.8. The molecule has 4 aromatic heterocycles. The van der Waals surface area contributed by atoms with Crippen molar-refractivity contribution in [1.29, 1.82) is 0 Å². The maximum Gasteiger partial charge on any atom is 0.237 e. The molecule has 1 aliphatic heterocycles. The second-order valence-corrected chi connectivity index (χ2v) is 15.5. The second-order valence-electron chi connectivity index (χ2n) is 13.4. The Bertz CT molecular complexity index is 3270. The van der Waals surface area contributed by atoms with Crippen LogP contribution in [0.1, 0.15) is 0 Å². The van der Waals surface area contributed by atoms with Gasteiger partial charge >= 0.3 is 0 Å². The zero-order valence-electron chi connectivity index (χ0n) is 27.6. The SMILES string of the molecule is c1ccc2c(c1)Sc1cccc3c4c5ccccc5n(-c5nc(-c6ccc(-c7ccc8ccccc8c7)cc6)c6sc7ccccc7c6n5)c4n-2c13. The molecule has 1 aliphatic rings. The molecule has 5 heterocycles. The van der Waals surface area contributed by atoms with Gasteiger partial charge in [-0.2, -0.15) is 0 Å². The van der Waals surface area contributed by atoms with Gasteiger partial charge in [-0.1, -0.05) is 133 Å². The summed E-state index contributed by atoms with van der Waals surface area (Å²) in [5, 5.41) is 7.31. The van der Waals surface area contributed by atoms with Crippen LogP contribution in [0.2, 0.25) is 0 Å². The third-order valence-electron chi connectivity index (χ3n) is 10.5. The molecule has 0 unspecified atom stereocenters. The van der Waals surface area contributed by atoms with E-state index in [9.17, 15) is 0 Å². The highest BCUT2D eigenvalue weighted by atomic mass is 32.2. The van der Waals surface area contributed by atoms with Crippen LogP contribution < -0.4 is 0 Å². The van der Waals surface area contributed by atoms with Crippen molar-refractivity contribution in [3.8, 4) is 34.0 Å². The van der Waals surface area contributed by atoms with Gasteiger partial charge in [-0.25, -0.2) is 9.97 Å². The van der Waals surface area contributed by atoms with Crippen molar-refractivity contribution >= 4 is 87.0 Å². The molecule has 0 N–H and O–H groups in total. The van der Waals surface area contributed by atoms with Gasteiger partial charge in [0.1, 0.15) is 5.65 Å². The third kappa shape index (κ3) is 3.93. The monoisotopic (exact) mass is 698 g/mol. The Labute approximate surface area is 306 Å².